The zero-order valence-corrected chi connectivity index (χ0v) is 12.5. The average molecular weight is 293 g/mol. The van der Waals surface area contributed by atoms with E-state index in [0.29, 0.717) is 17.1 Å². The van der Waals surface area contributed by atoms with Gasteiger partial charge in [-0.05, 0) is 25.1 Å². The molecule has 0 unspecified atom stereocenters. The van der Waals surface area contributed by atoms with Crippen LogP contribution in [0.3, 0.4) is 0 Å². The SMILES string of the molecule is Cc1ncc(CNc2cc(C(=O)N(C)C)ccc2Cl)[nH]1. The molecule has 1 heterocycles. The van der Waals surface area contributed by atoms with Crippen LogP contribution >= 0.6 is 11.6 Å². The van der Waals surface area contributed by atoms with Gasteiger partial charge in [0.15, 0.2) is 0 Å². The third-order valence-electron chi connectivity index (χ3n) is 2.84. The van der Waals surface area contributed by atoms with Crippen molar-refractivity contribution in [3.8, 4) is 0 Å². The number of hydrogen-bond acceptors (Lipinski definition) is 3. The van der Waals surface area contributed by atoms with Gasteiger partial charge in [-0.1, -0.05) is 11.6 Å². The topological polar surface area (TPSA) is 61.0 Å². The van der Waals surface area contributed by atoms with Crippen LogP contribution in [0.1, 0.15) is 21.9 Å². The summed E-state index contributed by atoms with van der Waals surface area (Å²) in [5.74, 6) is 0.812. The molecule has 6 heteroatoms. The van der Waals surface area contributed by atoms with E-state index in [2.05, 4.69) is 15.3 Å². The second-order valence-corrected chi connectivity index (χ2v) is 5.15. The second-order valence-electron chi connectivity index (χ2n) is 4.74. The van der Waals surface area contributed by atoms with Crippen LogP contribution in [0.25, 0.3) is 0 Å². The lowest BCUT2D eigenvalue weighted by atomic mass is 10.1. The normalized spacial score (nSPS) is 10.4. The first kappa shape index (κ1) is 14.4. The Morgan fingerprint density at radius 2 is 2.20 bits per heavy atom. The van der Waals surface area contributed by atoms with E-state index in [-0.39, 0.29) is 5.91 Å². The number of amides is 1. The van der Waals surface area contributed by atoms with Crippen LogP contribution < -0.4 is 5.32 Å². The van der Waals surface area contributed by atoms with E-state index in [0.717, 1.165) is 17.2 Å². The number of nitrogens with one attached hydrogen (secondary N) is 2. The number of imidazole rings is 1. The molecule has 0 aliphatic heterocycles. The minimum absolute atomic E-state index is 0.0536. The number of carbonyl (C=O) groups is 1. The van der Waals surface area contributed by atoms with Gasteiger partial charge in [0.1, 0.15) is 5.82 Å². The molecule has 1 aromatic carbocycles. The molecule has 2 rings (SSSR count). The van der Waals surface area contributed by atoms with Crippen molar-refractivity contribution >= 4 is 23.2 Å². The van der Waals surface area contributed by atoms with Gasteiger partial charge in [-0.2, -0.15) is 0 Å². The van der Waals surface area contributed by atoms with Gasteiger partial charge in [-0.25, -0.2) is 4.98 Å². The van der Waals surface area contributed by atoms with Crippen molar-refractivity contribution in [2.45, 2.75) is 13.5 Å². The lowest BCUT2D eigenvalue weighted by molar-refractivity contribution is 0.0827. The van der Waals surface area contributed by atoms with Gasteiger partial charge in [0, 0.05) is 19.7 Å². The van der Waals surface area contributed by atoms with Crippen LogP contribution in [-0.4, -0.2) is 34.9 Å². The number of halogens is 1. The predicted octanol–water partition coefficient (Wildman–Crippen LogP) is 2.69. The molecule has 1 aromatic heterocycles. The summed E-state index contributed by atoms with van der Waals surface area (Å²) in [4.78, 5) is 20.7. The van der Waals surface area contributed by atoms with Crippen LogP contribution in [0.2, 0.25) is 5.02 Å². The van der Waals surface area contributed by atoms with Crippen molar-refractivity contribution in [2.24, 2.45) is 0 Å². The van der Waals surface area contributed by atoms with Crippen LogP contribution in [0, 0.1) is 6.92 Å². The molecule has 0 aliphatic carbocycles. The maximum Gasteiger partial charge on any atom is 0.253 e. The standard InChI is InChI=1S/C14H17ClN4O/c1-9-16-7-11(18-9)8-17-13-6-10(4-5-12(13)15)14(20)19(2)3/h4-7,17H,8H2,1-3H3,(H,16,18). The summed E-state index contributed by atoms with van der Waals surface area (Å²) in [5.41, 5.74) is 2.29. The Labute approximate surface area is 123 Å². The first-order chi connectivity index (χ1) is 9.47. The molecular weight excluding hydrogens is 276 g/mol. The number of benzene rings is 1. The average Bonchev–Trinajstić information content (AvgIpc) is 2.82. The zero-order valence-electron chi connectivity index (χ0n) is 11.7. The van der Waals surface area contributed by atoms with Crippen molar-refractivity contribution in [1.82, 2.24) is 14.9 Å². The molecule has 0 bridgehead atoms. The van der Waals surface area contributed by atoms with Crippen molar-refractivity contribution in [2.75, 3.05) is 19.4 Å². The van der Waals surface area contributed by atoms with Crippen molar-refractivity contribution in [3.05, 3.63) is 46.5 Å². The zero-order chi connectivity index (χ0) is 14.7. The number of aryl methyl sites for hydroxylation is 1. The van der Waals surface area contributed by atoms with Crippen LogP contribution in [-0.2, 0) is 6.54 Å². The Morgan fingerprint density at radius 1 is 1.45 bits per heavy atom. The molecule has 0 radical (unpaired) electrons. The quantitative estimate of drug-likeness (QED) is 0.911. The van der Waals surface area contributed by atoms with E-state index >= 15 is 0 Å². The molecule has 20 heavy (non-hydrogen) atoms. The third-order valence-corrected chi connectivity index (χ3v) is 3.17. The summed E-state index contributed by atoms with van der Waals surface area (Å²) < 4.78 is 0. The van der Waals surface area contributed by atoms with Crippen LogP contribution in [0.5, 0.6) is 0 Å². The molecule has 2 N–H and O–H groups in total. The highest BCUT2D eigenvalue weighted by Gasteiger charge is 2.10. The Balaban J connectivity index is 2.14. The Kier molecular flexibility index (Phi) is 4.29. The summed E-state index contributed by atoms with van der Waals surface area (Å²) in [6, 6.07) is 5.20. The van der Waals surface area contributed by atoms with Gasteiger partial charge in [0.05, 0.1) is 29.1 Å². The van der Waals surface area contributed by atoms with Gasteiger partial charge in [-0.15, -0.1) is 0 Å². The minimum atomic E-state index is -0.0536. The number of H-pyrrole nitrogens is 1. The molecular formula is C14H17ClN4O. The number of rotatable bonds is 4. The summed E-state index contributed by atoms with van der Waals surface area (Å²) in [7, 11) is 3.44. The monoisotopic (exact) mass is 292 g/mol. The van der Waals surface area contributed by atoms with E-state index in [4.69, 9.17) is 11.6 Å². The molecule has 106 valence electrons. The third kappa shape index (κ3) is 3.30. The number of aromatic nitrogens is 2. The van der Waals surface area contributed by atoms with E-state index in [1.54, 1.807) is 38.5 Å². The Hall–Kier alpha value is -2.01. The van der Waals surface area contributed by atoms with E-state index in [9.17, 15) is 4.79 Å². The molecule has 0 aliphatic rings. The molecule has 0 saturated heterocycles. The van der Waals surface area contributed by atoms with Gasteiger partial charge in [0.2, 0.25) is 0 Å². The number of hydrogen-bond donors (Lipinski definition) is 2. The smallest absolute Gasteiger partial charge is 0.253 e. The highest BCUT2D eigenvalue weighted by Crippen LogP contribution is 2.24. The molecule has 0 atom stereocenters. The highest BCUT2D eigenvalue weighted by atomic mass is 35.5. The van der Waals surface area contributed by atoms with Crippen LogP contribution in [0.15, 0.2) is 24.4 Å². The van der Waals surface area contributed by atoms with Crippen molar-refractivity contribution in [3.63, 3.8) is 0 Å². The summed E-state index contributed by atoms with van der Waals surface area (Å²) >= 11 is 6.14. The van der Waals surface area contributed by atoms with Gasteiger partial charge in [0.25, 0.3) is 5.91 Å². The Bertz CT molecular complexity index is 621. The lowest BCUT2D eigenvalue weighted by Crippen LogP contribution is -2.21. The first-order valence-corrected chi connectivity index (χ1v) is 6.60. The van der Waals surface area contributed by atoms with Gasteiger partial charge >= 0.3 is 0 Å². The molecule has 5 nitrogen and oxygen atoms in total. The first-order valence-electron chi connectivity index (χ1n) is 6.23. The number of anilines is 1. The highest BCUT2D eigenvalue weighted by molar-refractivity contribution is 6.33. The van der Waals surface area contributed by atoms with E-state index < -0.39 is 0 Å². The van der Waals surface area contributed by atoms with Crippen molar-refractivity contribution < 1.29 is 4.79 Å². The fourth-order valence-corrected chi connectivity index (χ4v) is 1.99. The van der Waals surface area contributed by atoms with Crippen LogP contribution in [0.4, 0.5) is 5.69 Å². The molecule has 0 fully saturated rings. The fourth-order valence-electron chi connectivity index (χ4n) is 1.80. The maximum atomic E-state index is 11.9. The number of aromatic amines is 1. The summed E-state index contributed by atoms with van der Waals surface area (Å²) in [6.07, 6.45) is 1.77. The van der Waals surface area contributed by atoms with Gasteiger partial charge in [-0.3, -0.25) is 4.79 Å². The second kappa shape index (κ2) is 5.96. The Morgan fingerprint density at radius 3 is 2.80 bits per heavy atom. The fraction of sp³-hybridized carbons (Fsp3) is 0.286. The molecule has 1 amide bonds. The van der Waals surface area contributed by atoms with E-state index in [1.165, 1.54) is 4.90 Å². The van der Waals surface area contributed by atoms with Gasteiger partial charge < -0.3 is 15.2 Å². The molecule has 0 spiro atoms. The number of nitrogens with zero attached hydrogens (tertiary/aromatic N) is 2. The minimum Gasteiger partial charge on any atom is -0.378 e. The maximum absolute atomic E-state index is 11.9. The number of carbonyl (C=O) groups excluding carboxylic acids is 1. The van der Waals surface area contributed by atoms with E-state index in [1.807, 2.05) is 6.92 Å². The predicted molar refractivity (Wildman–Crippen MR) is 80.1 cm³/mol. The largest absolute Gasteiger partial charge is 0.378 e. The summed E-state index contributed by atoms with van der Waals surface area (Å²) in [6.45, 7) is 2.47. The molecule has 0 saturated carbocycles. The summed E-state index contributed by atoms with van der Waals surface area (Å²) in [5, 5.41) is 3.78. The van der Waals surface area contributed by atoms with Crippen molar-refractivity contribution in [1.29, 1.82) is 0 Å². The lowest BCUT2D eigenvalue weighted by Gasteiger charge is -2.13. The molecule has 2 aromatic rings.